The third-order valence-electron chi connectivity index (χ3n) is 3.67. The fourth-order valence-corrected chi connectivity index (χ4v) is 2.42. The standard InChI is InChI=1S/C17H20N4/c1-12(2)21-17-15(10-20-21)8-16(11-19-17)18-9-14-7-5-4-6-13(14)3/h4-8,10-12,18H,9H2,1-3H3. The number of hydrogen-bond acceptors (Lipinski definition) is 3. The van der Waals surface area contributed by atoms with Crippen molar-refractivity contribution in [3.8, 4) is 0 Å². The lowest BCUT2D eigenvalue weighted by atomic mass is 10.1. The molecule has 0 amide bonds. The maximum Gasteiger partial charge on any atom is 0.158 e. The second kappa shape index (κ2) is 5.56. The molecule has 3 aromatic rings. The number of fused-ring (bicyclic) bond motifs is 1. The Bertz CT molecular complexity index is 758. The molecule has 0 saturated carbocycles. The highest BCUT2D eigenvalue weighted by Crippen LogP contribution is 2.19. The lowest BCUT2D eigenvalue weighted by Crippen LogP contribution is -2.04. The number of rotatable bonds is 4. The van der Waals surface area contributed by atoms with Crippen molar-refractivity contribution in [2.24, 2.45) is 0 Å². The molecule has 1 aromatic carbocycles. The van der Waals surface area contributed by atoms with Crippen molar-refractivity contribution in [2.45, 2.75) is 33.4 Å². The molecule has 1 N–H and O–H groups in total. The number of nitrogens with zero attached hydrogens (tertiary/aromatic N) is 3. The zero-order valence-electron chi connectivity index (χ0n) is 12.7. The van der Waals surface area contributed by atoms with E-state index in [9.17, 15) is 0 Å². The highest BCUT2D eigenvalue weighted by molar-refractivity contribution is 5.78. The lowest BCUT2D eigenvalue weighted by Gasteiger charge is -2.09. The Morgan fingerprint density at radius 2 is 2.00 bits per heavy atom. The minimum Gasteiger partial charge on any atom is -0.380 e. The molecular formula is C17H20N4. The third kappa shape index (κ3) is 2.75. The van der Waals surface area contributed by atoms with Crippen LogP contribution >= 0.6 is 0 Å². The van der Waals surface area contributed by atoms with Crippen LogP contribution in [0.4, 0.5) is 5.69 Å². The SMILES string of the molecule is Cc1ccccc1CNc1cnc2c(cnn2C(C)C)c1. The quantitative estimate of drug-likeness (QED) is 0.787. The zero-order valence-corrected chi connectivity index (χ0v) is 12.7. The summed E-state index contributed by atoms with van der Waals surface area (Å²) in [5, 5.41) is 8.90. The highest BCUT2D eigenvalue weighted by atomic mass is 15.3. The van der Waals surface area contributed by atoms with Gasteiger partial charge in [0.15, 0.2) is 5.65 Å². The first kappa shape index (κ1) is 13.6. The molecule has 2 heterocycles. The molecule has 2 aromatic heterocycles. The number of aromatic nitrogens is 3. The molecule has 3 rings (SSSR count). The average molecular weight is 280 g/mol. The smallest absolute Gasteiger partial charge is 0.158 e. The molecule has 108 valence electrons. The summed E-state index contributed by atoms with van der Waals surface area (Å²) in [5.74, 6) is 0. The van der Waals surface area contributed by atoms with Crippen molar-refractivity contribution in [1.29, 1.82) is 0 Å². The van der Waals surface area contributed by atoms with E-state index in [1.165, 1.54) is 11.1 Å². The maximum atomic E-state index is 4.54. The molecule has 0 radical (unpaired) electrons. The van der Waals surface area contributed by atoms with Gasteiger partial charge in [-0.2, -0.15) is 5.10 Å². The third-order valence-corrected chi connectivity index (χ3v) is 3.67. The van der Waals surface area contributed by atoms with E-state index < -0.39 is 0 Å². The van der Waals surface area contributed by atoms with E-state index in [1.807, 2.05) is 17.1 Å². The fraction of sp³-hybridized carbons (Fsp3) is 0.294. The van der Waals surface area contributed by atoms with E-state index in [1.54, 1.807) is 0 Å². The van der Waals surface area contributed by atoms with Gasteiger partial charge in [-0.05, 0) is 38.0 Å². The van der Waals surface area contributed by atoms with Gasteiger partial charge in [0.1, 0.15) is 0 Å². The van der Waals surface area contributed by atoms with Gasteiger partial charge in [0.25, 0.3) is 0 Å². The van der Waals surface area contributed by atoms with E-state index in [4.69, 9.17) is 0 Å². The Labute approximate surface area is 124 Å². The number of nitrogens with one attached hydrogen (secondary N) is 1. The van der Waals surface area contributed by atoms with Gasteiger partial charge in [0.2, 0.25) is 0 Å². The summed E-state index contributed by atoms with van der Waals surface area (Å²) in [7, 11) is 0. The van der Waals surface area contributed by atoms with Crippen LogP contribution < -0.4 is 5.32 Å². The van der Waals surface area contributed by atoms with Gasteiger partial charge in [-0.1, -0.05) is 24.3 Å². The largest absolute Gasteiger partial charge is 0.380 e. The molecule has 4 nitrogen and oxygen atoms in total. The topological polar surface area (TPSA) is 42.7 Å². The summed E-state index contributed by atoms with van der Waals surface area (Å²) in [6.07, 6.45) is 3.75. The van der Waals surface area contributed by atoms with E-state index >= 15 is 0 Å². The van der Waals surface area contributed by atoms with Crippen LogP contribution in [0.5, 0.6) is 0 Å². The molecule has 0 saturated heterocycles. The van der Waals surface area contributed by atoms with Crippen LogP contribution in [0.3, 0.4) is 0 Å². The van der Waals surface area contributed by atoms with E-state index in [-0.39, 0.29) is 0 Å². The number of aryl methyl sites for hydroxylation is 1. The summed E-state index contributed by atoms with van der Waals surface area (Å²) < 4.78 is 1.94. The van der Waals surface area contributed by atoms with Crippen LogP contribution in [0, 0.1) is 6.92 Å². The van der Waals surface area contributed by atoms with Crippen molar-refractivity contribution >= 4 is 16.7 Å². The molecular weight excluding hydrogens is 260 g/mol. The van der Waals surface area contributed by atoms with Gasteiger partial charge in [-0.15, -0.1) is 0 Å². The van der Waals surface area contributed by atoms with Crippen LogP contribution in [0.25, 0.3) is 11.0 Å². The summed E-state index contributed by atoms with van der Waals surface area (Å²) in [6.45, 7) is 7.15. The van der Waals surface area contributed by atoms with Crippen LogP contribution in [-0.4, -0.2) is 14.8 Å². The van der Waals surface area contributed by atoms with E-state index in [2.05, 4.69) is 66.5 Å². The average Bonchev–Trinajstić information content (AvgIpc) is 2.89. The van der Waals surface area contributed by atoms with Crippen LogP contribution in [-0.2, 0) is 6.54 Å². The van der Waals surface area contributed by atoms with Crippen molar-refractivity contribution in [2.75, 3.05) is 5.32 Å². The molecule has 0 unspecified atom stereocenters. The Kier molecular flexibility index (Phi) is 3.60. The normalized spacial score (nSPS) is 11.2. The number of pyridine rings is 1. The Morgan fingerprint density at radius 3 is 2.76 bits per heavy atom. The van der Waals surface area contributed by atoms with Gasteiger partial charge < -0.3 is 5.32 Å². The van der Waals surface area contributed by atoms with Gasteiger partial charge in [0.05, 0.1) is 18.1 Å². The van der Waals surface area contributed by atoms with Crippen LogP contribution in [0.15, 0.2) is 42.7 Å². The maximum absolute atomic E-state index is 4.54. The van der Waals surface area contributed by atoms with Crippen molar-refractivity contribution < 1.29 is 0 Å². The zero-order chi connectivity index (χ0) is 14.8. The van der Waals surface area contributed by atoms with Gasteiger partial charge in [-0.3, -0.25) is 0 Å². The first-order valence-electron chi connectivity index (χ1n) is 7.27. The van der Waals surface area contributed by atoms with Gasteiger partial charge in [-0.25, -0.2) is 9.67 Å². The fourth-order valence-electron chi connectivity index (χ4n) is 2.42. The first-order chi connectivity index (χ1) is 10.1. The summed E-state index contributed by atoms with van der Waals surface area (Å²) >= 11 is 0. The summed E-state index contributed by atoms with van der Waals surface area (Å²) in [5.41, 5.74) is 4.56. The predicted octanol–water partition coefficient (Wildman–Crippen LogP) is 3.93. The van der Waals surface area contributed by atoms with E-state index in [0.717, 1.165) is 23.3 Å². The minimum absolute atomic E-state index is 0.320. The Morgan fingerprint density at radius 1 is 1.19 bits per heavy atom. The Hall–Kier alpha value is -2.36. The second-order valence-electron chi connectivity index (χ2n) is 5.60. The number of anilines is 1. The number of benzene rings is 1. The Balaban J connectivity index is 1.81. The number of hydrogen-bond donors (Lipinski definition) is 1. The molecule has 4 heteroatoms. The monoisotopic (exact) mass is 280 g/mol. The molecule has 0 spiro atoms. The minimum atomic E-state index is 0.320. The van der Waals surface area contributed by atoms with Crippen molar-refractivity contribution in [3.63, 3.8) is 0 Å². The van der Waals surface area contributed by atoms with Gasteiger partial charge >= 0.3 is 0 Å². The van der Waals surface area contributed by atoms with Crippen molar-refractivity contribution in [1.82, 2.24) is 14.8 Å². The first-order valence-corrected chi connectivity index (χ1v) is 7.27. The molecule has 0 fully saturated rings. The highest BCUT2D eigenvalue weighted by Gasteiger charge is 2.07. The molecule has 0 aliphatic carbocycles. The molecule has 0 bridgehead atoms. The van der Waals surface area contributed by atoms with Crippen LogP contribution in [0.1, 0.15) is 31.0 Å². The summed E-state index contributed by atoms with van der Waals surface area (Å²) in [4.78, 5) is 4.54. The molecule has 0 atom stereocenters. The second-order valence-corrected chi connectivity index (χ2v) is 5.60. The van der Waals surface area contributed by atoms with Crippen molar-refractivity contribution in [3.05, 3.63) is 53.9 Å². The molecule has 0 aliphatic heterocycles. The van der Waals surface area contributed by atoms with Gasteiger partial charge in [0, 0.05) is 18.0 Å². The molecule has 0 aliphatic rings. The predicted molar refractivity (Wildman–Crippen MR) is 86.4 cm³/mol. The van der Waals surface area contributed by atoms with E-state index in [0.29, 0.717) is 6.04 Å². The lowest BCUT2D eigenvalue weighted by molar-refractivity contribution is 0.546. The molecule has 21 heavy (non-hydrogen) atoms. The summed E-state index contributed by atoms with van der Waals surface area (Å²) in [6, 6.07) is 10.8. The van der Waals surface area contributed by atoms with Crippen LogP contribution in [0.2, 0.25) is 0 Å².